The van der Waals surface area contributed by atoms with Crippen LogP contribution < -0.4 is 15.4 Å². The van der Waals surface area contributed by atoms with Crippen LogP contribution >= 0.6 is 0 Å². The van der Waals surface area contributed by atoms with E-state index >= 15 is 0 Å². The number of benzene rings is 1. The highest BCUT2D eigenvalue weighted by molar-refractivity contribution is 5.89. The number of aliphatic hydroxyl groups excluding tert-OH is 1. The highest BCUT2D eigenvalue weighted by Crippen LogP contribution is 2.16. The molecule has 0 aliphatic rings. The van der Waals surface area contributed by atoms with Gasteiger partial charge in [0, 0.05) is 11.8 Å². The Kier molecular flexibility index (Phi) is 5.31. The van der Waals surface area contributed by atoms with Crippen molar-refractivity contribution >= 4 is 11.7 Å². The van der Waals surface area contributed by atoms with Gasteiger partial charge in [-0.25, -0.2) is 13.6 Å². The number of hydrogen-bond acceptors (Lipinski definition) is 3. The molecule has 0 bridgehead atoms. The Morgan fingerprint density at radius 2 is 2.22 bits per heavy atom. The average molecular weight is 260 g/mol. The van der Waals surface area contributed by atoms with Crippen molar-refractivity contribution in [3.63, 3.8) is 0 Å². The summed E-state index contributed by atoms with van der Waals surface area (Å²) < 4.78 is 28.9. The third-order valence-electron chi connectivity index (χ3n) is 2.09. The molecule has 2 amide bonds. The van der Waals surface area contributed by atoms with Gasteiger partial charge in [0.15, 0.2) is 0 Å². The first kappa shape index (κ1) is 14.2. The topological polar surface area (TPSA) is 70.6 Å². The van der Waals surface area contributed by atoms with Gasteiger partial charge in [0.1, 0.15) is 11.9 Å². The molecule has 1 unspecified atom stereocenters. The molecule has 18 heavy (non-hydrogen) atoms. The summed E-state index contributed by atoms with van der Waals surface area (Å²) in [5.74, 6) is 0.556. The third kappa shape index (κ3) is 4.54. The van der Waals surface area contributed by atoms with Crippen molar-refractivity contribution in [1.82, 2.24) is 5.32 Å². The van der Waals surface area contributed by atoms with E-state index in [-0.39, 0.29) is 0 Å². The van der Waals surface area contributed by atoms with Gasteiger partial charge in [-0.1, -0.05) is 6.07 Å². The number of anilines is 1. The lowest BCUT2D eigenvalue weighted by Crippen LogP contribution is -2.38. The molecule has 0 aliphatic carbocycles. The molecule has 0 saturated carbocycles. The Labute approximate surface area is 103 Å². The summed E-state index contributed by atoms with van der Waals surface area (Å²) >= 11 is 0. The SMILES string of the molecule is COc1cccc(NC(=O)NCC(O)C(F)F)c1. The van der Waals surface area contributed by atoms with Gasteiger partial charge in [-0.2, -0.15) is 0 Å². The lowest BCUT2D eigenvalue weighted by atomic mass is 10.3. The zero-order valence-electron chi connectivity index (χ0n) is 9.69. The lowest BCUT2D eigenvalue weighted by Gasteiger charge is -2.12. The number of alkyl halides is 2. The number of nitrogens with one attached hydrogen (secondary N) is 2. The number of ether oxygens (including phenoxy) is 1. The van der Waals surface area contributed by atoms with E-state index in [4.69, 9.17) is 9.84 Å². The van der Waals surface area contributed by atoms with E-state index in [9.17, 15) is 13.6 Å². The summed E-state index contributed by atoms with van der Waals surface area (Å²) in [6.07, 6.45) is -4.76. The molecular formula is C11H14F2N2O3. The maximum atomic E-state index is 12.0. The Bertz CT molecular complexity index is 402. The third-order valence-corrected chi connectivity index (χ3v) is 2.09. The van der Waals surface area contributed by atoms with Crippen molar-refractivity contribution in [2.24, 2.45) is 0 Å². The van der Waals surface area contributed by atoms with E-state index in [1.165, 1.54) is 7.11 Å². The number of carbonyl (C=O) groups is 1. The molecule has 0 saturated heterocycles. The fraction of sp³-hybridized carbons (Fsp3) is 0.364. The van der Waals surface area contributed by atoms with Gasteiger partial charge in [-0.05, 0) is 12.1 Å². The predicted octanol–water partition coefficient (Wildman–Crippen LogP) is 1.44. The van der Waals surface area contributed by atoms with Crippen LogP contribution in [0.3, 0.4) is 0 Å². The first-order valence-electron chi connectivity index (χ1n) is 5.18. The maximum absolute atomic E-state index is 12.0. The molecule has 0 heterocycles. The molecule has 1 atom stereocenters. The number of urea groups is 1. The van der Waals surface area contributed by atoms with Crippen molar-refractivity contribution < 1.29 is 23.4 Å². The van der Waals surface area contributed by atoms with Crippen LogP contribution in [-0.2, 0) is 0 Å². The molecule has 3 N–H and O–H groups in total. The summed E-state index contributed by atoms with van der Waals surface area (Å²) in [7, 11) is 1.48. The van der Waals surface area contributed by atoms with Crippen molar-refractivity contribution in [3.05, 3.63) is 24.3 Å². The predicted molar refractivity (Wildman–Crippen MR) is 62.0 cm³/mol. The number of rotatable bonds is 5. The van der Waals surface area contributed by atoms with Gasteiger partial charge in [-0.3, -0.25) is 0 Å². The largest absolute Gasteiger partial charge is 0.497 e. The molecule has 7 heteroatoms. The molecule has 0 fully saturated rings. The molecule has 1 aromatic carbocycles. The van der Waals surface area contributed by atoms with Crippen LogP contribution in [0.25, 0.3) is 0 Å². The van der Waals surface area contributed by atoms with Crippen LogP contribution in [0, 0.1) is 0 Å². The van der Waals surface area contributed by atoms with E-state index in [0.29, 0.717) is 11.4 Å². The quantitative estimate of drug-likeness (QED) is 0.750. The number of halogens is 2. The molecule has 0 radical (unpaired) electrons. The fourth-order valence-electron chi connectivity index (χ4n) is 1.16. The minimum Gasteiger partial charge on any atom is -0.497 e. The maximum Gasteiger partial charge on any atom is 0.319 e. The monoisotopic (exact) mass is 260 g/mol. The number of amides is 2. The number of hydrogen-bond donors (Lipinski definition) is 3. The molecular weight excluding hydrogens is 246 g/mol. The van der Waals surface area contributed by atoms with E-state index in [0.717, 1.165) is 0 Å². The lowest BCUT2D eigenvalue weighted by molar-refractivity contribution is -0.00155. The van der Waals surface area contributed by atoms with Crippen LogP contribution in [0.2, 0.25) is 0 Å². The molecule has 100 valence electrons. The normalized spacial score (nSPS) is 12.1. The van der Waals surface area contributed by atoms with Crippen molar-refractivity contribution in [2.75, 3.05) is 19.0 Å². The summed E-state index contributed by atoms with van der Waals surface area (Å²) in [4.78, 5) is 11.3. The molecule has 5 nitrogen and oxygen atoms in total. The van der Waals surface area contributed by atoms with Crippen molar-refractivity contribution in [1.29, 1.82) is 0 Å². The van der Waals surface area contributed by atoms with E-state index in [1.807, 2.05) is 0 Å². The van der Waals surface area contributed by atoms with Crippen LogP contribution in [0.1, 0.15) is 0 Å². The fourth-order valence-corrected chi connectivity index (χ4v) is 1.16. The second-order valence-corrected chi connectivity index (χ2v) is 3.47. The zero-order chi connectivity index (χ0) is 13.5. The first-order chi connectivity index (χ1) is 8.52. The number of carbonyl (C=O) groups excluding carboxylic acids is 1. The number of aliphatic hydroxyl groups is 1. The summed E-state index contributed by atoms with van der Waals surface area (Å²) in [5.41, 5.74) is 0.457. The van der Waals surface area contributed by atoms with Gasteiger partial charge >= 0.3 is 6.03 Å². The zero-order valence-corrected chi connectivity index (χ0v) is 9.69. The highest BCUT2D eigenvalue weighted by atomic mass is 19.3. The van der Waals surface area contributed by atoms with E-state index in [1.54, 1.807) is 24.3 Å². The van der Waals surface area contributed by atoms with Crippen molar-refractivity contribution in [3.8, 4) is 5.75 Å². The van der Waals surface area contributed by atoms with Gasteiger partial charge < -0.3 is 20.5 Å². The average Bonchev–Trinajstić information content (AvgIpc) is 2.36. The van der Waals surface area contributed by atoms with Crippen molar-refractivity contribution in [2.45, 2.75) is 12.5 Å². The second kappa shape index (κ2) is 6.75. The second-order valence-electron chi connectivity index (χ2n) is 3.47. The van der Waals surface area contributed by atoms with Crippen LogP contribution in [-0.4, -0.2) is 37.3 Å². The van der Waals surface area contributed by atoms with E-state index < -0.39 is 25.1 Å². The Morgan fingerprint density at radius 1 is 1.50 bits per heavy atom. The van der Waals surface area contributed by atoms with Crippen LogP contribution in [0.15, 0.2) is 24.3 Å². The first-order valence-corrected chi connectivity index (χ1v) is 5.18. The minimum absolute atomic E-state index is 0.457. The Balaban J connectivity index is 2.44. The van der Waals surface area contributed by atoms with Gasteiger partial charge in [0.05, 0.1) is 13.7 Å². The smallest absolute Gasteiger partial charge is 0.319 e. The van der Waals surface area contributed by atoms with E-state index in [2.05, 4.69) is 10.6 Å². The highest BCUT2D eigenvalue weighted by Gasteiger charge is 2.17. The molecule has 1 rings (SSSR count). The molecule has 0 aliphatic heterocycles. The Hall–Kier alpha value is -1.89. The number of methoxy groups -OCH3 is 1. The Morgan fingerprint density at radius 3 is 2.83 bits per heavy atom. The van der Waals surface area contributed by atoms with Crippen LogP contribution in [0.4, 0.5) is 19.3 Å². The molecule has 0 aromatic heterocycles. The van der Waals surface area contributed by atoms with Crippen LogP contribution in [0.5, 0.6) is 5.75 Å². The standard InChI is InChI=1S/C11H14F2N2O3/c1-18-8-4-2-3-7(5-8)15-11(17)14-6-9(16)10(12)13/h2-5,9-10,16H,6H2,1H3,(H2,14,15,17). The summed E-state index contributed by atoms with van der Waals surface area (Å²) in [5, 5.41) is 13.4. The minimum atomic E-state index is -2.89. The summed E-state index contributed by atoms with van der Waals surface area (Å²) in [6.45, 7) is -0.520. The summed E-state index contributed by atoms with van der Waals surface area (Å²) in [6, 6.07) is 5.88. The van der Waals surface area contributed by atoms with Gasteiger partial charge in [-0.15, -0.1) is 0 Å². The molecule has 1 aromatic rings. The van der Waals surface area contributed by atoms with Gasteiger partial charge in [0.2, 0.25) is 0 Å². The molecule has 0 spiro atoms. The van der Waals surface area contributed by atoms with Gasteiger partial charge in [0.25, 0.3) is 6.43 Å².